The van der Waals surface area contributed by atoms with E-state index in [1.165, 1.54) is 11.1 Å². The van der Waals surface area contributed by atoms with Gasteiger partial charge in [0.15, 0.2) is 0 Å². The highest BCUT2D eigenvalue weighted by Crippen LogP contribution is 2.38. The Morgan fingerprint density at radius 2 is 2.12 bits per heavy atom. The van der Waals surface area contributed by atoms with Crippen LogP contribution in [0.3, 0.4) is 0 Å². The topological polar surface area (TPSA) is 49.3 Å². The summed E-state index contributed by atoms with van der Waals surface area (Å²) in [5, 5.41) is 11.6. The lowest BCUT2D eigenvalue weighted by Gasteiger charge is -2.36. The van der Waals surface area contributed by atoms with Crippen molar-refractivity contribution in [1.82, 2.24) is 5.32 Å². The molecule has 1 aliphatic rings. The lowest BCUT2D eigenvalue weighted by molar-refractivity contribution is -0.136. The number of carboxylic acid groups (broad SMARTS) is 1. The molecule has 3 heteroatoms. The van der Waals surface area contributed by atoms with Crippen molar-refractivity contribution < 1.29 is 9.90 Å². The van der Waals surface area contributed by atoms with Crippen LogP contribution in [-0.2, 0) is 4.79 Å². The Hall–Kier alpha value is -1.35. The molecule has 0 bridgehead atoms. The molecule has 0 radical (unpaired) electrons. The van der Waals surface area contributed by atoms with E-state index < -0.39 is 5.97 Å². The molecule has 0 amide bonds. The molecule has 1 saturated carbocycles. The van der Waals surface area contributed by atoms with Crippen LogP contribution >= 0.6 is 0 Å². The summed E-state index contributed by atoms with van der Waals surface area (Å²) in [6.07, 6.45) is 2.11. The zero-order valence-corrected chi connectivity index (χ0v) is 9.44. The SMILES string of the molecule is Cc1ccccc1C1CC(NCC(=O)O)C1. The van der Waals surface area contributed by atoms with Gasteiger partial charge in [0, 0.05) is 6.04 Å². The van der Waals surface area contributed by atoms with Crippen LogP contribution in [0.4, 0.5) is 0 Å². The van der Waals surface area contributed by atoms with Gasteiger partial charge in [0.05, 0.1) is 6.54 Å². The molecule has 86 valence electrons. The van der Waals surface area contributed by atoms with E-state index in [1.807, 2.05) is 0 Å². The monoisotopic (exact) mass is 219 g/mol. The highest BCUT2D eigenvalue weighted by molar-refractivity contribution is 5.69. The smallest absolute Gasteiger partial charge is 0.317 e. The second kappa shape index (κ2) is 4.66. The van der Waals surface area contributed by atoms with Crippen LogP contribution in [0.5, 0.6) is 0 Å². The summed E-state index contributed by atoms with van der Waals surface area (Å²) in [5.41, 5.74) is 2.75. The summed E-state index contributed by atoms with van der Waals surface area (Å²) in [7, 11) is 0. The third-order valence-corrected chi connectivity index (χ3v) is 3.31. The zero-order chi connectivity index (χ0) is 11.5. The molecule has 1 aliphatic carbocycles. The van der Waals surface area contributed by atoms with Gasteiger partial charge in [-0.15, -0.1) is 0 Å². The largest absolute Gasteiger partial charge is 0.480 e. The summed E-state index contributed by atoms with van der Waals surface area (Å²) in [6, 6.07) is 8.80. The Balaban J connectivity index is 1.84. The number of hydrogen-bond acceptors (Lipinski definition) is 2. The first-order valence-electron chi connectivity index (χ1n) is 5.67. The molecule has 0 aromatic heterocycles. The van der Waals surface area contributed by atoms with Crippen molar-refractivity contribution in [1.29, 1.82) is 0 Å². The third-order valence-electron chi connectivity index (χ3n) is 3.31. The van der Waals surface area contributed by atoms with Gasteiger partial charge in [0.1, 0.15) is 0 Å². The molecule has 0 atom stereocenters. The van der Waals surface area contributed by atoms with Gasteiger partial charge in [0.2, 0.25) is 0 Å². The lowest BCUT2D eigenvalue weighted by Crippen LogP contribution is -2.42. The van der Waals surface area contributed by atoms with Crippen molar-refractivity contribution in [3.05, 3.63) is 35.4 Å². The quantitative estimate of drug-likeness (QED) is 0.813. The van der Waals surface area contributed by atoms with E-state index in [0.717, 1.165) is 12.8 Å². The lowest BCUT2D eigenvalue weighted by atomic mass is 9.74. The van der Waals surface area contributed by atoms with Crippen LogP contribution in [0.2, 0.25) is 0 Å². The summed E-state index contributed by atoms with van der Waals surface area (Å²) < 4.78 is 0. The van der Waals surface area contributed by atoms with E-state index in [-0.39, 0.29) is 6.54 Å². The van der Waals surface area contributed by atoms with Crippen molar-refractivity contribution in [3.8, 4) is 0 Å². The van der Waals surface area contributed by atoms with Gasteiger partial charge in [-0.05, 0) is 36.8 Å². The Bertz CT molecular complexity index is 383. The molecule has 0 spiro atoms. The first kappa shape index (κ1) is 11.1. The van der Waals surface area contributed by atoms with Gasteiger partial charge in [0.25, 0.3) is 0 Å². The molecule has 1 aromatic carbocycles. The van der Waals surface area contributed by atoms with Gasteiger partial charge >= 0.3 is 5.97 Å². The maximum Gasteiger partial charge on any atom is 0.317 e. The zero-order valence-electron chi connectivity index (χ0n) is 9.44. The van der Waals surface area contributed by atoms with Crippen LogP contribution in [0.15, 0.2) is 24.3 Å². The Labute approximate surface area is 95.5 Å². The second-order valence-electron chi connectivity index (χ2n) is 4.50. The molecule has 0 heterocycles. The van der Waals surface area contributed by atoms with Crippen molar-refractivity contribution >= 4 is 5.97 Å². The highest BCUT2D eigenvalue weighted by Gasteiger charge is 2.30. The summed E-state index contributed by atoms with van der Waals surface area (Å²) in [6.45, 7) is 2.21. The van der Waals surface area contributed by atoms with E-state index in [4.69, 9.17) is 5.11 Å². The fourth-order valence-corrected chi connectivity index (χ4v) is 2.31. The number of rotatable bonds is 4. The molecule has 16 heavy (non-hydrogen) atoms. The normalized spacial score (nSPS) is 23.8. The molecular formula is C13H17NO2. The van der Waals surface area contributed by atoms with E-state index in [2.05, 4.69) is 36.5 Å². The minimum Gasteiger partial charge on any atom is -0.480 e. The van der Waals surface area contributed by atoms with Gasteiger partial charge in [-0.3, -0.25) is 4.79 Å². The second-order valence-corrected chi connectivity index (χ2v) is 4.50. The van der Waals surface area contributed by atoms with Crippen molar-refractivity contribution in [2.45, 2.75) is 31.7 Å². The average molecular weight is 219 g/mol. The molecule has 0 unspecified atom stereocenters. The van der Waals surface area contributed by atoms with Crippen molar-refractivity contribution in [2.75, 3.05) is 6.54 Å². The summed E-state index contributed by atoms with van der Waals surface area (Å²) in [4.78, 5) is 10.4. The molecular weight excluding hydrogens is 202 g/mol. The van der Waals surface area contributed by atoms with Crippen LogP contribution in [0.1, 0.15) is 29.9 Å². The number of benzene rings is 1. The van der Waals surface area contributed by atoms with Crippen LogP contribution in [0.25, 0.3) is 0 Å². The van der Waals surface area contributed by atoms with E-state index in [0.29, 0.717) is 12.0 Å². The van der Waals surface area contributed by atoms with Gasteiger partial charge < -0.3 is 10.4 Å². The summed E-state index contributed by atoms with van der Waals surface area (Å²) in [5.74, 6) is -0.174. The standard InChI is InChI=1S/C13H17NO2/c1-9-4-2-3-5-12(9)10-6-11(7-10)14-8-13(15)16/h2-5,10-11,14H,6-8H2,1H3,(H,15,16). The van der Waals surface area contributed by atoms with Crippen molar-refractivity contribution in [2.24, 2.45) is 0 Å². The van der Waals surface area contributed by atoms with E-state index >= 15 is 0 Å². The molecule has 1 fully saturated rings. The number of aliphatic carboxylic acids is 1. The molecule has 0 saturated heterocycles. The Kier molecular flexibility index (Phi) is 3.25. The van der Waals surface area contributed by atoms with Gasteiger partial charge in [-0.2, -0.15) is 0 Å². The fourth-order valence-electron chi connectivity index (χ4n) is 2.31. The predicted octanol–water partition coefficient (Wildman–Crippen LogP) is 1.92. The molecule has 2 rings (SSSR count). The average Bonchev–Trinajstić information content (AvgIpc) is 2.17. The molecule has 2 N–H and O–H groups in total. The molecule has 1 aromatic rings. The van der Waals surface area contributed by atoms with Crippen LogP contribution < -0.4 is 5.32 Å². The van der Waals surface area contributed by atoms with Crippen molar-refractivity contribution in [3.63, 3.8) is 0 Å². The first-order chi connectivity index (χ1) is 7.66. The Morgan fingerprint density at radius 1 is 1.44 bits per heavy atom. The molecule has 0 aliphatic heterocycles. The number of carbonyl (C=O) groups is 1. The highest BCUT2D eigenvalue weighted by atomic mass is 16.4. The van der Waals surface area contributed by atoms with E-state index in [9.17, 15) is 4.79 Å². The predicted molar refractivity (Wildman–Crippen MR) is 62.6 cm³/mol. The maximum absolute atomic E-state index is 10.4. The summed E-state index contributed by atoms with van der Waals surface area (Å²) >= 11 is 0. The van der Waals surface area contributed by atoms with Crippen LogP contribution in [0, 0.1) is 6.92 Å². The number of nitrogens with one attached hydrogen (secondary N) is 1. The fraction of sp³-hybridized carbons (Fsp3) is 0.462. The van der Waals surface area contributed by atoms with Gasteiger partial charge in [-0.1, -0.05) is 24.3 Å². The first-order valence-corrected chi connectivity index (χ1v) is 5.67. The maximum atomic E-state index is 10.4. The number of aryl methyl sites for hydroxylation is 1. The number of hydrogen-bond donors (Lipinski definition) is 2. The Morgan fingerprint density at radius 3 is 2.75 bits per heavy atom. The number of carboxylic acids is 1. The molecule has 3 nitrogen and oxygen atoms in total. The third kappa shape index (κ3) is 2.42. The minimum absolute atomic E-state index is 0.0746. The van der Waals surface area contributed by atoms with Gasteiger partial charge in [-0.25, -0.2) is 0 Å². The minimum atomic E-state index is -0.778. The van der Waals surface area contributed by atoms with Crippen LogP contribution in [-0.4, -0.2) is 23.7 Å². The van der Waals surface area contributed by atoms with E-state index in [1.54, 1.807) is 0 Å².